The number of piperidine rings is 1. The Morgan fingerprint density at radius 1 is 1.12 bits per heavy atom. The number of benzene rings is 1. The summed E-state index contributed by atoms with van der Waals surface area (Å²) < 4.78 is 5.58. The van der Waals surface area contributed by atoms with Crippen molar-refractivity contribution >= 4 is 17.5 Å². The van der Waals surface area contributed by atoms with Crippen LogP contribution in [-0.4, -0.2) is 36.4 Å². The van der Waals surface area contributed by atoms with Crippen LogP contribution in [0.3, 0.4) is 0 Å². The molecule has 24 heavy (non-hydrogen) atoms. The van der Waals surface area contributed by atoms with Crippen LogP contribution < -0.4 is 10.1 Å². The van der Waals surface area contributed by atoms with Crippen LogP contribution >= 0.6 is 0 Å². The van der Waals surface area contributed by atoms with Crippen LogP contribution in [0.1, 0.15) is 39.0 Å². The van der Waals surface area contributed by atoms with Gasteiger partial charge in [-0.15, -0.1) is 0 Å². The molecule has 130 valence electrons. The second-order valence-corrected chi connectivity index (χ2v) is 5.93. The van der Waals surface area contributed by atoms with Crippen molar-refractivity contribution in [3.8, 4) is 5.75 Å². The number of rotatable bonds is 7. The summed E-state index contributed by atoms with van der Waals surface area (Å²) in [6, 6.07) is 7.24. The number of unbranched alkanes of at least 4 members (excludes halogenated alkanes) is 1. The Hall–Kier alpha value is -2.30. The quantitative estimate of drug-likeness (QED) is 0.616. The molecule has 1 saturated heterocycles. The molecule has 1 N–H and O–H groups in total. The van der Waals surface area contributed by atoms with E-state index in [2.05, 4.69) is 12.2 Å². The molecular formula is C19H26N2O3. The molecule has 1 fully saturated rings. The van der Waals surface area contributed by atoms with E-state index in [4.69, 9.17) is 4.74 Å². The van der Waals surface area contributed by atoms with E-state index >= 15 is 0 Å². The average Bonchev–Trinajstić information content (AvgIpc) is 2.62. The van der Waals surface area contributed by atoms with Crippen LogP contribution in [0.4, 0.5) is 5.69 Å². The lowest BCUT2D eigenvalue weighted by Crippen LogP contribution is -2.34. The molecule has 5 heteroatoms. The van der Waals surface area contributed by atoms with Gasteiger partial charge in [0.25, 0.3) is 0 Å². The third-order valence-corrected chi connectivity index (χ3v) is 3.93. The number of ether oxygens (including phenoxy) is 1. The van der Waals surface area contributed by atoms with E-state index in [1.54, 1.807) is 17.0 Å². The summed E-state index contributed by atoms with van der Waals surface area (Å²) in [6.07, 6.45) is 8.01. The highest BCUT2D eigenvalue weighted by Gasteiger charge is 2.13. The number of hydrogen-bond donors (Lipinski definition) is 1. The number of anilines is 1. The smallest absolute Gasteiger partial charge is 0.248 e. The van der Waals surface area contributed by atoms with Crippen molar-refractivity contribution < 1.29 is 14.3 Å². The maximum absolute atomic E-state index is 12.0. The van der Waals surface area contributed by atoms with E-state index in [0.29, 0.717) is 12.3 Å². The Morgan fingerprint density at radius 3 is 2.50 bits per heavy atom. The first-order valence-electron chi connectivity index (χ1n) is 8.70. The number of carbonyl (C=O) groups is 2. The SMILES string of the molecule is CCCCOc1ccc(NC(=O)/C=C/C(=O)N2CCCCC2)cc1. The van der Waals surface area contributed by atoms with Gasteiger partial charge in [0.05, 0.1) is 6.61 Å². The van der Waals surface area contributed by atoms with Crippen LogP contribution in [0.25, 0.3) is 0 Å². The monoisotopic (exact) mass is 330 g/mol. The fourth-order valence-corrected chi connectivity index (χ4v) is 2.52. The van der Waals surface area contributed by atoms with Gasteiger partial charge in [0, 0.05) is 30.9 Å². The van der Waals surface area contributed by atoms with Crippen molar-refractivity contribution in [2.24, 2.45) is 0 Å². The van der Waals surface area contributed by atoms with Gasteiger partial charge in [-0.2, -0.15) is 0 Å². The van der Waals surface area contributed by atoms with E-state index in [0.717, 1.165) is 44.5 Å². The summed E-state index contributed by atoms with van der Waals surface area (Å²) in [6.45, 7) is 4.38. The van der Waals surface area contributed by atoms with Crippen LogP contribution in [0, 0.1) is 0 Å². The molecule has 0 bridgehead atoms. The molecule has 1 heterocycles. The first kappa shape index (κ1) is 18.0. The van der Waals surface area contributed by atoms with Gasteiger partial charge in [-0.25, -0.2) is 0 Å². The number of nitrogens with zero attached hydrogens (tertiary/aromatic N) is 1. The second kappa shape index (κ2) is 9.75. The predicted octanol–water partition coefficient (Wildman–Crippen LogP) is 3.37. The van der Waals surface area contributed by atoms with Crippen molar-refractivity contribution in [2.75, 3.05) is 25.0 Å². The van der Waals surface area contributed by atoms with Crippen molar-refractivity contribution in [2.45, 2.75) is 39.0 Å². The fraction of sp³-hybridized carbons (Fsp3) is 0.474. The number of carbonyl (C=O) groups excluding carboxylic acids is 2. The molecule has 0 aromatic heterocycles. The van der Waals surface area contributed by atoms with Crippen LogP contribution in [0.2, 0.25) is 0 Å². The third kappa shape index (κ3) is 6.07. The van der Waals surface area contributed by atoms with Gasteiger partial charge < -0.3 is 15.0 Å². The minimum atomic E-state index is -0.306. The lowest BCUT2D eigenvalue weighted by Gasteiger charge is -2.25. The Balaban J connectivity index is 1.78. The van der Waals surface area contributed by atoms with Gasteiger partial charge in [-0.05, 0) is 49.9 Å². The minimum Gasteiger partial charge on any atom is -0.494 e. The van der Waals surface area contributed by atoms with Gasteiger partial charge in [-0.3, -0.25) is 9.59 Å². The van der Waals surface area contributed by atoms with Gasteiger partial charge in [0.15, 0.2) is 0 Å². The molecule has 2 rings (SSSR count). The Bertz CT molecular complexity index is 560. The molecule has 0 radical (unpaired) electrons. The van der Waals surface area contributed by atoms with Crippen LogP contribution in [0.15, 0.2) is 36.4 Å². The lowest BCUT2D eigenvalue weighted by molar-refractivity contribution is -0.127. The molecular weight excluding hydrogens is 304 g/mol. The number of likely N-dealkylation sites (tertiary alicyclic amines) is 1. The molecule has 0 aliphatic carbocycles. The highest BCUT2D eigenvalue weighted by Crippen LogP contribution is 2.16. The Morgan fingerprint density at radius 2 is 1.83 bits per heavy atom. The standard InChI is InChI=1S/C19H26N2O3/c1-2-3-15-24-17-9-7-16(8-10-17)20-18(22)11-12-19(23)21-13-5-4-6-14-21/h7-12H,2-6,13-15H2,1H3,(H,20,22)/b12-11+. The topological polar surface area (TPSA) is 58.6 Å². The molecule has 1 aromatic rings. The zero-order chi connectivity index (χ0) is 17.2. The zero-order valence-electron chi connectivity index (χ0n) is 14.3. The number of hydrogen-bond acceptors (Lipinski definition) is 3. The summed E-state index contributed by atoms with van der Waals surface area (Å²) in [5, 5.41) is 2.74. The van der Waals surface area contributed by atoms with E-state index in [1.807, 2.05) is 12.1 Å². The molecule has 5 nitrogen and oxygen atoms in total. The van der Waals surface area contributed by atoms with E-state index in [9.17, 15) is 9.59 Å². The summed E-state index contributed by atoms with van der Waals surface area (Å²) >= 11 is 0. The van der Waals surface area contributed by atoms with Crippen LogP contribution in [-0.2, 0) is 9.59 Å². The van der Waals surface area contributed by atoms with E-state index in [-0.39, 0.29) is 11.8 Å². The molecule has 0 spiro atoms. The van der Waals surface area contributed by atoms with Gasteiger partial charge in [0.2, 0.25) is 11.8 Å². The maximum atomic E-state index is 12.0. The first-order chi connectivity index (χ1) is 11.7. The van der Waals surface area contributed by atoms with Crippen molar-refractivity contribution in [1.29, 1.82) is 0 Å². The van der Waals surface area contributed by atoms with Gasteiger partial charge in [0.1, 0.15) is 5.75 Å². The fourth-order valence-electron chi connectivity index (χ4n) is 2.52. The minimum absolute atomic E-state index is 0.0930. The third-order valence-electron chi connectivity index (χ3n) is 3.93. The van der Waals surface area contributed by atoms with Gasteiger partial charge >= 0.3 is 0 Å². The zero-order valence-corrected chi connectivity index (χ0v) is 14.3. The molecule has 1 aromatic carbocycles. The summed E-state index contributed by atoms with van der Waals surface area (Å²) in [5.41, 5.74) is 0.679. The van der Waals surface area contributed by atoms with Crippen molar-refractivity contribution in [1.82, 2.24) is 4.90 Å². The van der Waals surface area contributed by atoms with E-state index in [1.165, 1.54) is 18.6 Å². The second-order valence-electron chi connectivity index (χ2n) is 5.93. The average molecular weight is 330 g/mol. The van der Waals surface area contributed by atoms with Crippen LogP contribution in [0.5, 0.6) is 5.75 Å². The van der Waals surface area contributed by atoms with E-state index < -0.39 is 0 Å². The summed E-state index contributed by atoms with van der Waals surface area (Å²) in [7, 11) is 0. The number of amides is 2. The molecule has 0 atom stereocenters. The molecule has 0 saturated carbocycles. The highest BCUT2D eigenvalue weighted by atomic mass is 16.5. The van der Waals surface area contributed by atoms with Crippen molar-refractivity contribution in [3.63, 3.8) is 0 Å². The van der Waals surface area contributed by atoms with Gasteiger partial charge in [-0.1, -0.05) is 13.3 Å². The molecule has 2 amide bonds. The molecule has 0 unspecified atom stereocenters. The maximum Gasteiger partial charge on any atom is 0.248 e. The summed E-state index contributed by atoms with van der Waals surface area (Å²) in [5.74, 6) is 0.391. The highest BCUT2D eigenvalue weighted by molar-refractivity contribution is 6.03. The van der Waals surface area contributed by atoms with Crippen molar-refractivity contribution in [3.05, 3.63) is 36.4 Å². The molecule has 1 aliphatic rings. The lowest BCUT2D eigenvalue weighted by atomic mass is 10.1. The Kier molecular flexibility index (Phi) is 7.33. The molecule has 1 aliphatic heterocycles. The normalized spacial score (nSPS) is 14.6. The first-order valence-corrected chi connectivity index (χ1v) is 8.70. The largest absolute Gasteiger partial charge is 0.494 e. The summed E-state index contributed by atoms with van der Waals surface area (Å²) in [4.78, 5) is 25.7. The Labute approximate surface area is 143 Å². The predicted molar refractivity (Wildman–Crippen MR) is 95.0 cm³/mol. The number of nitrogens with one attached hydrogen (secondary N) is 1.